The van der Waals surface area contributed by atoms with Gasteiger partial charge in [-0.05, 0) is 36.2 Å². The van der Waals surface area contributed by atoms with E-state index in [2.05, 4.69) is 12.2 Å². The summed E-state index contributed by atoms with van der Waals surface area (Å²) in [4.78, 5) is 24.0. The van der Waals surface area contributed by atoms with Gasteiger partial charge in [-0.15, -0.1) is 11.8 Å². The highest BCUT2D eigenvalue weighted by atomic mass is 32.2. The van der Waals surface area contributed by atoms with E-state index in [1.54, 1.807) is 0 Å². The molecule has 0 aliphatic heterocycles. The number of aryl methyl sites for hydroxylation is 1. The highest BCUT2D eigenvalue weighted by Crippen LogP contribution is 2.27. The summed E-state index contributed by atoms with van der Waals surface area (Å²) in [6.07, 6.45) is 0.939. The Labute approximate surface area is 134 Å². The lowest BCUT2D eigenvalue weighted by molar-refractivity contribution is -0.115. The maximum Gasteiger partial charge on any atom is 0.255 e. The van der Waals surface area contributed by atoms with E-state index in [9.17, 15) is 9.59 Å². The molecule has 0 aliphatic rings. The van der Waals surface area contributed by atoms with Crippen molar-refractivity contribution in [2.75, 3.05) is 11.1 Å². The Balaban J connectivity index is 2.11. The van der Waals surface area contributed by atoms with Gasteiger partial charge in [-0.2, -0.15) is 0 Å². The standard InChI is InChI=1S/C17H18N2O2S/c1-2-12-7-9-13(10-8-12)17(21)19-14-5-3-4-6-15(14)22-11-16(18)20/h3-10H,2,11H2,1H3,(H2,18,20)(H,19,21). The summed E-state index contributed by atoms with van der Waals surface area (Å²) in [6.45, 7) is 2.07. The average Bonchev–Trinajstić information content (AvgIpc) is 2.54. The molecule has 2 aromatic rings. The van der Waals surface area contributed by atoms with Crippen molar-refractivity contribution < 1.29 is 9.59 Å². The molecule has 2 rings (SSSR count). The van der Waals surface area contributed by atoms with Gasteiger partial charge in [0.05, 0.1) is 11.4 Å². The van der Waals surface area contributed by atoms with Gasteiger partial charge in [-0.3, -0.25) is 9.59 Å². The van der Waals surface area contributed by atoms with E-state index in [0.717, 1.165) is 11.3 Å². The molecule has 2 amide bonds. The summed E-state index contributed by atoms with van der Waals surface area (Å²) in [5.41, 5.74) is 7.63. The van der Waals surface area contributed by atoms with Gasteiger partial charge in [-0.1, -0.05) is 31.2 Å². The quantitative estimate of drug-likeness (QED) is 0.805. The largest absolute Gasteiger partial charge is 0.369 e. The molecule has 2 aromatic carbocycles. The van der Waals surface area contributed by atoms with E-state index in [4.69, 9.17) is 5.73 Å². The molecule has 114 valence electrons. The predicted octanol–water partition coefficient (Wildman–Crippen LogP) is 3.08. The molecule has 5 heteroatoms. The first-order valence-corrected chi connectivity index (χ1v) is 7.99. The van der Waals surface area contributed by atoms with Crippen LogP contribution in [0.5, 0.6) is 0 Å². The Bertz CT molecular complexity index is 669. The first-order valence-electron chi connectivity index (χ1n) is 7.00. The molecular weight excluding hydrogens is 296 g/mol. The fourth-order valence-corrected chi connectivity index (χ4v) is 2.68. The summed E-state index contributed by atoms with van der Waals surface area (Å²) in [5, 5.41) is 2.88. The zero-order valence-electron chi connectivity index (χ0n) is 12.3. The van der Waals surface area contributed by atoms with E-state index >= 15 is 0 Å². The number of benzene rings is 2. The van der Waals surface area contributed by atoms with Crippen LogP contribution in [-0.2, 0) is 11.2 Å². The Kier molecular flexibility index (Phi) is 5.61. The second-order valence-electron chi connectivity index (χ2n) is 4.76. The fraction of sp³-hybridized carbons (Fsp3) is 0.176. The van der Waals surface area contributed by atoms with Gasteiger partial charge in [0.2, 0.25) is 5.91 Å². The molecule has 4 nitrogen and oxygen atoms in total. The Morgan fingerprint density at radius 1 is 1.09 bits per heavy atom. The number of nitrogens with one attached hydrogen (secondary N) is 1. The van der Waals surface area contributed by atoms with E-state index in [-0.39, 0.29) is 17.6 Å². The Morgan fingerprint density at radius 2 is 1.77 bits per heavy atom. The molecule has 0 saturated carbocycles. The maximum absolute atomic E-state index is 12.3. The molecule has 0 fully saturated rings. The van der Waals surface area contributed by atoms with Gasteiger partial charge in [0.15, 0.2) is 0 Å². The molecule has 0 bridgehead atoms. The van der Waals surface area contributed by atoms with Crippen LogP contribution >= 0.6 is 11.8 Å². The maximum atomic E-state index is 12.3. The number of para-hydroxylation sites is 1. The number of primary amides is 1. The lowest BCUT2D eigenvalue weighted by Crippen LogP contribution is -2.14. The molecule has 3 N–H and O–H groups in total. The smallest absolute Gasteiger partial charge is 0.255 e. The topological polar surface area (TPSA) is 72.2 Å². The Hall–Kier alpha value is -2.27. The van der Waals surface area contributed by atoms with Gasteiger partial charge < -0.3 is 11.1 Å². The van der Waals surface area contributed by atoms with Gasteiger partial charge in [0.25, 0.3) is 5.91 Å². The normalized spacial score (nSPS) is 10.2. The predicted molar refractivity (Wildman–Crippen MR) is 90.1 cm³/mol. The zero-order valence-corrected chi connectivity index (χ0v) is 13.2. The number of nitrogens with two attached hydrogens (primary N) is 1. The number of hydrogen-bond donors (Lipinski definition) is 2. The van der Waals surface area contributed by atoms with Crippen LogP contribution in [0.2, 0.25) is 0 Å². The Morgan fingerprint density at radius 3 is 2.41 bits per heavy atom. The van der Waals surface area contributed by atoms with E-state index in [1.165, 1.54) is 17.3 Å². The van der Waals surface area contributed by atoms with Crippen molar-refractivity contribution in [2.24, 2.45) is 5.73 Å². The molecular formula is C17H18N2O2S. The summed E-state index contributed by atoms with van der Waals surface area (Å²) in [6, 6.07) is 14.9. The summed E-state index contributed by atoms with van der Waals surface area (Å²) >= 11 is 1.31. The minimum Gasteiger partial charge on any atom is -0.369 e. The van der Waals surface area contributed by atoms with Crippen LogP contribution in [0.1, 0.15) is 22.8 Å². The van der Waals surface area contributed by atoms with Crippen LogP contribution < -0.4 is 11.1 Å². The number of thioether (sulfide) groups is 1. The SMILES string of the molecule is CCc1ccc(C(=O)Nc2ccccc2SCC(N)=O)cc1. The zero-order chi connectivity index (χ0) is 15.9. The fourth-order valence-electron chi connectivity index (χ4n) is 1.93. The molecule has 0 saturated heterocycles. The van der Waals surface area contributed by atoms with Crippen LogP contribution in [0.25, 0.3) is 0 Å². The van der Waals surface area contributed by atoms with E-state index < -0.39 is 0 Å². The van der Waals surface area contributed by atoms with Gasteiger partial charge >= 0.3 is 0 Å². The number of anilines is 1. The summed E-state index contributed by atoms with van der Waals surface area (Å²) < 4.78 is 0. The molecule has 0 unspecified atom stereocenters. The number of hydrogen-bond acceptors (Lipinski definition) is 3. The average molecular weight is 314 g/mol. The molecule has 22 heavy (non-hydrogen) atoms. The van der Waals surface area contributed by atoms with Crippen LogP contribution in [0.4, 0.5) is 5.69 Å². The monoisotopic (exact) mass is 314 g/mol. The molecule has 0 atom stereocenters. The van der Waals surface area contributed by atoms with Crippen molar-refractivity contribution in [3.05, 3.63) is 59.7 Å². The minimum absolute atomic E-state index is 0.172. The van der Waals surface area contributed by atoms with Crippen molar-refractivity contribution in [3.63, 3.8) is 0 Å². The molecule has 0 heterocycles. The van der Waals surface area contributed by atoms with Gasteiger partial charge in [0, 0.05) is 10.5 Å². The minimum atomic E-state index is -0.388. The third-order valence-corrected chi connectivity index (χ3v) is 4.23. The van der Waals surface area contributed by atoms with E-state index in [1.807, 2.05) is 48.5 Å². The number of carbonyl (C=O) groups is 2. The van der Waals surface area contributed by atoms with Gasteiger partial charge in [0.1, 0.15) is 0 Å². The van der Waals surface area contributed by atoms with Crippen molar-refractivity contribution in [2.45, 2.75) is 18.2 Å². The van der Waals surface area contributed by atoms with Crippen molar-refractivity contribution >= 4 is 29.3 Å². The van der Waals surface area contributed by atoms with Crippen molar-refractivity contribution in [1.82, 2.24) is 0 Å². The van der Waals surface area contributed by atoms with Crippen LogP contribution in [0.3, 0.4) is 0 Å². The van der Waals surface area contributed by atoms with Crippen LogP contribution in [-0.4, -0.2) is 17.6 Å². The third kappa shape index (κ3) is 4.36. The molecule has 0 radical (unpaired) electrons. The second-order valence-corrected chi connectivity index (χ2v) is 5.77. The first-order chi connectivity index (χ1) is 10.6. The summed E-state index contributed by atoms with van der Waals surface area (Å²) in [7, 11) is 0. The summed E-state index contributed by atoms with van der Waals surface area (Å²) in [5.74, 6) is -0.381. The highest BCUT2D eigenvalue weighted by molar-refractivity contribution is 8.00. The van der Waals surface area contributed by atoms with Gasteiger partial charge in [-0.25, -0.2) is 0 Å². The number of amides is 2. The van der Waals surface area contributed by atoms with Crippen LogP contribution in [0.15, 0.2) is 53.4 Å². The van der Waals surface area contributed by atoms with E-state index in [0.29, 0.717) is 11.3 Å². The molecule has 0 aliphatic carbocycles. The van der Waals surface area contributed by atoms with Crippen molar-refractivity contribution in [3.8, 4) is 0 Å². The number of carbonyl (C=O) groups excluding carboxylic acids is 2. The third-order valence-electron chi connectivity index (χ3n) is 3.13. The number of rotatable bonds is 6. The van der Waals surface area contributed by atoms with Crippen LogP contribution in [0, 0.1) is 0 Å². The van der Waals surface area contributed by atoms with Crippen molar-refractivity contribution in [1.29, 1.82) is 0 Å². The molecule has 0 aromatic heterocycles. The second kappa shape index (κ2) is 7.66. The lowest BCUT2D eigenvalue weighted by Gasteiger charge is -2.10. The highest BCUT2D eigenvalue weighted by Gasteiger charge is 2.10. The first kappa shape index (κ1) is 16.1. The molecule has 0 spiro atoms. The lowest BCUT2D eigenvalue weighted by atomic mass is 10.1.